The second-order valence-electron chi connectivity index (χ2n) is 3.51. The topological polar surface area (TPSA) is 18.5 Å². The highest BCUT2D eigenvalue weighted by Gasteiger charge is 2.05. The van der Waals surface area contributed by atoms with E-state index in [9.17, 15) is 0 Å². The zero-order chi connectivity index (χ0) is 11.3. The van der Waals surface area contributed by atoms with Gasteiger partial charge in [0.15, 0.2) is 11.5 Å². The summed E-state index contributed by atoms with van der Waals surface area (Å²) in [5, 5.41) is 0. The third-order valence-electron chi connectivity index (χ3n) is 2.28. The van der Waals surface area contributed by atoms with Gasteiger partial charge >= 0.3 is 0 Å². The summed E-state index contributed by atoms with van der Waals surface area (Å²) in [6.07, 6.45) is 2.17. The second kappa shape index (κ2) is 6.01. The van der Waals surface area contributed by atoms with Crippen molar-refractivity contribution >= 4 is 15.9 Å². The van der Waals surface area contributed by atoms with E-state index in [4.69, 9.17) is 9.47 Å². The Bertz CT molecular complexity index is 310. The van der Waals surface area contributed by atoms with Crippen molar-refractivity contribution in [1.82, 2.24) is 0 Å². The molecule has 0 aliphatic carbocycles. The molecule has 0 fully saturated rings. The van der Waals surface area contributed by atoms with Gasteiger partial charge in [-0.05, 0) is 30.5 Å². The van der Waals surface area contributed by atoms with Crippen LogP contribution in [0.25, 0.3) is 0 Å². The van der Waals surface area contributed by atoms with Crippen molar-refractivity contribution in [3.8, 4) is 11.5 Å². The molecule has 1 atom stereocenters. The average molecular weight is 273 g/mol. The molecule has 1 rings (SSSR count). The number of ether oxygens (including phenoxy) is 2. The molecule has 0 bridgehead atoms. The molecule has 0 aliphatic heterocycles. The first-order valence-electron chi connectivity index (χ1n) is 5.02. The first-order chi connectivity index (χ1) is 7.17. The maximum atomic E-state index is 5.25. The molecule has 0 aromatic heterocycles. The number of benzene rings is 1. The van der Waals surface area contributed by atoms with Crippen molar-refractivity contribution in [2.45, 2.75) is 24.6 Å². The molecule has 15 heavy (non-hydrogen) atoms. The molecule has 0 aliphatic rings. The molecule has 1 aromatic rings. The third-order valence-corrected chi connectivity index (χ3v) is 2.74. The zero-order valence-electron chi connectivity index (χ0n) is 9.42. The van der Waals surface area contributed by atoms with Crippen LogP contribution in [0.2, 0.25) is 0 Å². The van der Waals surface area contributed by atoms with Crippen LogP contribution in [0.1, 0.15) is 18.9 Å². The summed E-state index contributed by atoms with van der Waals surface area (Å²) in [7, 11) is 3.31. The van der Waals surface area contributed by atoms with Crippen LogP contribution in [0.4, 0.5) is 0 Å². The lowest BCUT2D eigenvalue weighted by Gasteiger charge is -2.09. The van der Waals surface area contributed by atoms with Gasteiger partial charge in [-0.1, -0.05) is 28.9 Å². The Morgan fingerprint density at radius 2 is 1.87 bits per heavy atom. The highest BCUT2D eigenvalue weighted by molar-refractivity contribution is 9.09. The van der Waals surface area contributed by atoms with Crippen LogP contribution in [0.15, 0.2) is 18.2 Å². The van der Waals surface area contributed by atoms with E-state index < -0.39 is 0 Å². The summed E-state index contributed by atoms with van der Waals surface area (Å²) in [6, 6.07) is 6.07. The molecule has 0 saturated carbocycles. The minimum atomic E-state index is 0.547. The fourth-order valence-electron chi connectivity index (χ4n) is 1.40. The van der Waals surface area contributed by atoms with Crippen molar-refractivity contribution in [2.24, 2.45) is 0 Å². The van der Waals surface area contributed by atoms with Gasteiger partial charge in [0.1, 0.15) is 0 Å². The predicted octanol–water partition coefficient (Wildman–Crippen LogP) is 3.42. The van der Waals surface area contributed by atoms with Crippen LogP contribution in [0.3, 0.4) is 0 Å². The fourth-order valence-corrected chi connectivity index (χ4v) is 1.63. The SMILES string of the molecule is COc1ccc(CCC(C)Br)cc1OC. The van der Waals surface area contributed by atoms with E-state index >= 15 is 0 Å². The Labute approximate surface area is 99.7 Å². The van der Waals surface area contributed by atoms with E-state index in [0.717, 1.165) is 24.3 Å². The van der Waals surface area contributed by atoms with E-state index in [1.54, 1.807) is 14.2 Å². The van der Waals surface area contributed by atoms with E-state index in [-0.39, 0.29) is 0 Å². The minimum absolute atomic E-state index is 0.547. The highest BCUT2D eigenvalue weighted by atomic mass is 79.9. The van der Waals surface area contributed by atoms with E-state index in [2.05, 4.69) is 28.9 Å². The lowest BCUT2D eigenvalue weighted by molar-refractivity contribution is 0.354. The van der Waals surface area contributed by atoms with Crippen LogP contribution in [0.5, 0.6) is 11.5 Å². The van der Waals surface area contributed by atoms with Gasteiger partial charge in [0, 0.05) is 4.83 Å². The van der Waals surface area contributed by atoms with Crippen LogP contribution in [-0.4, -0.2) is 19.0 Å². The van der Waals surface area contributed by atoms with Crippen molar-refractivity contribution in [3.63, 3.8) is 0 Å². The number of alkyl halides is 1. The normalized spacial score (nSPS) is 12.3. The minimum Gasteiger partial charge on any atom is -0.493 e. The van der Waals surface area contributed by atoms with Crippen molar-refractivity contribution in [1.29, 1.82) is 0 Å². The number of hydrogen-bond acceptors (Lipinski definition) is 2. The molecule has 84 valence electrons. The molecule has 2 nitrogen and oxygen atoms in total. The number of aryl methyl sites for hydroxylation is 1. The number of methoxy groups -OCH3 is 2. The van der Waals surface area contributed by atoms with Crippen LogP contribution in [0, 0.1) is 0 Å². The average Bonchev–Trinajstić information content (AvgIpc) is 2.25. The largest absolute Gasteiger partial charge is 0.493 e. The standard InChI is InChI=1S/C12H17BrO2/c1-9(13)4-5-10-6-7-11(14-2)12(8-10)15-3/h6-9H,4-5H2,1-3H3. The van der Waals surface area contributed by atoms with Gasteiger partial charge in [-0.2, -0.15) is 0 Å². The lowest BCUT2D eigenvalue weighted by Crippen LogP contribution is -1.96. The van der Waals surface area contributed by atoms with Gasteiger partial charge in [0.05, 0.1) is 14.2 Å². The summed E-state index contributed by atoms with van der Waals surface area (Å²) in [5.74, 6) is 1.59. The maximum Gasteiger partial charge on any atom is 0.160 e. The van der Waals surface area contributed by atoms with Crippen LogP contribution in [-0.2, 0) is 6.42 Å². The Morgan fingerprint density at radius 1 is 1.20 bits per heavy atom. The van der Waals surface area contributed by atoms with Crippen molar-refractivity contribution < 1.29 is 9.47 Å². The molecule has 3 heteroatoms. The van der Waals surface area contributed by atoms with Gasteiger partial charge in [0.2, 0.25) is 0 Å². The van der Waals surface area contributed by atoms with Crippen LogP contribution < -0.4 is 9.47 Å². The third kappa shape index (κ3) is 3.74. The maximum absolute atomic E-state index is 5.25. The molecule has 0 spiro atoms. The predicted molar refractivity (Wildman–Crippen MR) is 66.3 cm³/mol. The quantitative estimate of drug-likeness (QED) is 0.765. The Morgan fingerprint density at radius 3 is 2.40 bits per heavy atom. The molecule has 0 saturated heterocycles. The molecule has 0 amide bonds. The molecule has 1 aromatic carbocycles. The first kappa shape index (κ1) is 12.4. The Kier molecular flexibility index (Phi) is 4.95. The molecule has 0 heterocycles. The number of hydrogen-bond donors (Lipinski definition) is 0. The van der Waals surface area contributed by atoms with Gasteiger partial charge in [-0.15, -0.1) is 0 Å². The molecule has 1 unspecified atom stereocenters. The second-order valence-corrected chi connectivity index (χ2v) is 5.07. The highest BCUT2D eigenvalue weighted by Crippen LogP contribution is 2.28. The zero-order valence-corrected chi connectivity index (χ0v) is 11.0. The lowest BCUT2D eigenvalue weighted by atomic mass is 10.1. The van der Waals surface area contributed by atoms with E-state index in [1.807, 2.05) is 12.1 Å². The van der Waals surface area contributed by atoms with E-state index in [1.165, 1.54) is 5.56 Å². The van der Waals surface area contributed by atoms with E-state index in [0.29, 0.717) is 4.83 Å². The Balaban J connectivity index is 2.74. The Hall–Kier alpha value is -0.700. The van der Waals surface area contributed by atoms with Crippen molar-refractivity contribution in [3.05, 3.63) is 23.8 Å². The summed E-state index contributed by atoms with van der Waals surface area (Å²) < 4.78 is 10.4. The smallest absolute Gasteiger partial charge is 0.160 e. The summed E-state index contributed by atoms with van der Waals surface area (Å²) in [5.41, 5.74) is 1.28. The molecular weight excluding hydrogens is 256 g/mol. The van der Waals surface area contributed by atoms with Crippen molar-refractivity contribution in [2.75, 3.05) is 14.2 Å². The van der Waals surface area contributed by atoms with Gasteiger partial charge in [-0.3, -0.25) is 0 Å². The summed E-state index contributed by atoms with van der Waals surface area (Å²) in [6.45, 7) is 2.15. The van der Waals surface area contributed by atoms with Gasteiger partial charge in [-0.25, -0.2) is 0 Å². The van der Waals surface area contributed by atoms with Gasteiger partial charge < -0.3 is 9.47 Å². The van der Waals surface area contributed by atoms with Gasteiger partial charge in [0.25, 0.3) is 0 Å². The molecule has 0 radical (unpaired) electrons. The summed E-state index contributed by atoms with van der Waals surface area (Å²) >= 11 is 3.54. The number of halogens is 1. The monoisotopic (exact) mass is 272 g/mol. The molecular formula is C12H17BrO2. The molecule has 0 N–H and O–H groups in total. The summed E-state index contributed by atoms with van der Waals surface area (Å²) in [4.78, 5) is 0.547. The fraction of sp³-hybridized carbons (Fsp3) is 0.500. The first-order valence-corrected chi connectivity index (χ1v) is 5.94. The van der Waals surface area contributed by atoms with Crippen LogP contribution >= 0.6 is 15.9 Å². The number of rotatable bonds is 5.